The second-order valence-electron chi connectivity index (χ2n) is 6.86. The van der Waals surface area contributed by atoms with Crippen LogP contribution in [0.15, 0.2) is 28.9 Å². The number of halogens is 2. The summed E-state index contributed by atoms with van der Waals surface area (Å²) in [7, 11) is -1.72. The Balaban J connectivity index is 2.84. The number of aromatic nitrogens is 1. The van der Waals surface area contributed by atoms with Crippen molar-refractivity contribution < 1.29 is 0 Å². The largest absolute Gasteiger partial charge is 0.373 e. The highest BCUT2D eigenvalue weighted by Crippen LogP contribution is 2.45. The monoisotopic (exact) mass is 385 g/mol. The molecule has 0 N–H and O–H groups in total. The zero-order valence-corrected chi connectivity index (χ0v) is 17.1. The zero-order valence-electron chi connectivity index (χ0n) is 13.7. The Kier molecular flexibility index (Phi) is 4.96. The van der Waals surface area contributed by atoms with Crippen molar-refractivity contribution in [3.8, 4) is 0 Å². The van der Waals surface area contributed by atoms with Crippen molar-refractivity contribution in [3.63, 3.8) is 0 Å². The predicted octanol–water partition coefficient (Wildman–Crippen LogP) is 7.08. The van der Waals surface area contributed by atoms with Crippen molar-refractivity contribution in [1.29, 1.82) is 0 Å². The smallest absolute Gasteiger partial charge is 0.169 e. The molecule has 2 aromatic rings. The molecular formula is C17H25BrClNSi. The van der Waals surface area contributed by atoms with Crippen LogP contribution in [0.5, 0.6) is 0 Å². The van der Waals surface area contributed by atoms with E-state index in [1.54, 1.807) is 0 Å². The van der Waals surface area contributed by atoms with Crippen molar-refractivity contribution in [2.75, 3.05) is 0 Å². The second-order valence-corrected chi connectivity index (χ2v) is 13.9. The Hall–Kier alpha value is -0.253. The van der Waals surface area contributed by atoms with Crippen LogP contribution >= 0.6 is 27.5 Å². The molecule has 0 saturated heterocycles. The lowest BCUT2D eigenvalue weighted by Crippen LogP contribution is -2.51. The van der Waals surface area contributed by atoms with Gasteiger partial charge in [-0.3, -0.25) is 0 Å². The highest BCUT2D eigenvalue weighted by atomic mass is 79.9. The van der Waals surface area contributed by atoms with Gasteiger partial charge in [-0.15, -0.1) is 0 Å². The van der Waals surface area contributed by atoms with Gasteiger partial charge < -0.3 is 4.23 Å². The van der Waals surface area contributed by atoms with Crippen LogP contribution in [0.3, 0.4) is 0 Å². The predicted molar refractivity (Wildman–Crippen MR) is 101 cm³/mol. The zero-order chi connectivity index (χ0) is 15.9. The SMILES string of the molecule is CC(C)[Si](C(C)C)(C(C)C)n1ccc2c(Br)cc(Cl)cc21. The van der Waals surface area contributed by atoms with Crippen LogP contribution in [0.2, 0.25) is 21.6 Å². The molecule has 0 aliphatic heterocycles. The molecule has 1 aromatic carbocycles. The van der Waals surface area contributed by atoms with Gasteiger partial charge in [0.1, 0.15) is 0 Å². The fourth-order valence-electron chi connectivity index (χ4n) is 4.34. The highest BCUT2D eigenvalue weighted by molar-refractivity contribution is 9.10. The van der Waals surface area contributed by atoms with Gasteiger partial charge in [0, 0.05) is 20.4 Å². The third kappa shape index (κ3) is 2.62. The topological polar surface area (TPSA) is 4.93 Å². The van der Waals surface area contributed by atoms with Crippen LogP contribution in [0.25, 0.3) is 10.9 Å². The van der Waals surface area contributed by atoms with Crippen molar-refractivity contribution in [3.05, 3.63) is 33.9 Å². The molecule has 1 aromatic heterocycles. The number of hydrogen-bond donors (Lipinski definition) is 0. The number of rotatable bonds is 4. The van der Waals surface area contributed by atoms with Gasteiger partial charge in [-0.1, -0.05) is 69.1 Å². The van der Waals surface area contributed by atoms with E-state index in [2.05, 4.69) is 80.0 Å². The fraction of sp³-hybridized carbons (Fsp3) is 0.529. The van der Waals surface area contributed by atoms with Gasteiger partial charge in [0.15, 0.2) is 8.24 Å². The summed E-state index contributed by atoms with van der Waals surface area (Å²) < 4.78 is 3.68. The van der Waals surface area contributed by atoms with Crippen LogP contribution in [0.1, 0.15) is 41.5 Å². The lowest BCUT2D eigenvalue weighted by atomic mass is 10.2. The van der Waals surface area contributed by atoms with Crippen LogP contribution < -0.4 is 0 Å². The molecule has 1 heterocycles. The molecule has 21 heavy (non-hydrogen) atoms. The molecule has 0 bridgehead atoms. The van der Waals surface area contributed by atoms with E-state index in [9.17, 15) is 0 Å². The first-order valence-corrected chi connectivity index (χ1v) is 11.0. The van der Waals surface area contributed by atoms with Crippen molar-refractivity contribution in [2.45, 2.75) is 58.2 Å². The molecule has 0 amide bonds. The molecule has 0 atom stereocenters. The van der Waals surface area contributed by atoms with Crippen molar-refractivity contribution >= 4 is 46.7 Å². The summed E-state index contributed by atoms with van der Waals surface area (Å²) in [5, 5.41) is 2.06. The normalized spacial score (nSPS) is 13.1. The molecule has 0 fully saturated rings. The standard InChI is InChI=1S/C17H25BrClNSi/c1-11(2)21(12(3)4,13(5)6)20-8-7-15-16(18)9-14(19)10-17(15)20/h7-13H,1-6H3. The van der Waals surface area contributed by atoms with Gasteiger partial charge in [0.2, 0.25) is 0 Å². The lowest BCUT2D eigenvalue weighted by Gasteiger charge is -2.44. The molecule has 0 unspecified atom stereocenters. The average Bonchev–Trinajstić information content (AvgIpc) is 2.73. The van der Waals surface area contributed by atoms with E-state index in [1.165, 1.54) is 10.9 Å². The van der Waals surface area contributed by atoms with E-state index >= 15 is 0 Å². The summed E-state index contributed by atoms with van der Waals surface area (Å²) in [5.41, 5.74) is 3.29. The van der Waals surface area contributed by atoms with Crippen LogP contribution in [-0.2, 0) is 0 Å². The summed E-state index contributed by atoms with van der Waals surface area (Å²) >= 11 is 9.97. The molecule has 1 nitrogen and oxygen atoms in total. The third-order valence-corrected chi connectivity index (χ3v) is 12.6. The highest BCUT2D eigenvalue weighted by Gasteiger charge is 2.45. The quantitative estimate of drug-likeness (QED) is 0.495. The van der Waals surface area contributed by atoms with Gasteiger partial charge in [-0.25, -0.2) is 0 Å². The molecule has 4 heteroatoms. The number of nitrogens with zero attached hydrogens (tertiary/aromatic N) is 1. The molecule has 116 valence electrons. The maximum atomic E-state index is 6.31. The Bertz CT molecular complexity index is 624. The van der Waals surface area contributed by atoms with E-state index in [4.69, 9.17) is 11.6 Å². The molecule has 0 aliphatic carbocycles. The van der Waals surface area contributed by atoms with E-state index in [0.717, 1.165) is 9.50 Å². The van der Waals surface area contributed by atoms with E-state index in [1.807, 2.05) is 6.07 Å². The Morgan fingerprint density at radius 3 is 2.00 bits per heavy atom. The first-order chi connectivity index (χ1) is 9.72. The first kappa shape index (κ1) is 17.1. The van der Waals surface area contributed by atoms with E-state index in [-0.39, 0.29) is 0 Å². The number of fused-ring (bicyclic) bond motifs is 1. The average molecular weight is 387 g/mol. The summed E-state index contributed by atoms with van der Waals surface area (Å²) in [6, 6.07) is 6.33. The van der Waals surface area contributed by atoms with E-state index < -0.39 is 8.24 Å². The van der Waals surface area contributed by atoms with Gasteiger partial charge in [0.05, 0.1) is 0 Å². The maximum Gasteiger partial charge on any atom is 0.169 e. The molecule has 0 spiro atoms. The Labute approximate surface area is 142 Å². The minimum atomic E-state index is -1.72. The Morgan fingerprint density at radius 1 is 1.00 bits per heavy atom. The summed E-state index contributed by atoms with van der Waals surface area (Å²) in [5.74, 6) is 0. The second kappa shape index (κ2) is 6.09. The first-order valence-electron chi connectivity index (χ1n) is 7.69. The van der Waals surface area contributed by atoms with Crippen LogP contribution in [0.4, 0.5) is 0 Å². The van der Waals surface area contributed by atoms with Crippen LogP contribution in [-0.4, -0.2) is 12.5 Å². The molecule has 0 radical (unpaired) electrons. The third-order valence-electron chi connectivity index (χ3n) is 4.91. The fourth-order valence-corrected chi connectivity index (χ4v) is 11.9. The van der Waals surface area contributed by atoms with Gasteiger partial charge >= 0.3 is 0 Å². The summed E-state index contributed by atoms with van der Waals surface area (Å²) in [6.45, 7) is 14.3. The summed E-state index contributed by atoms with van der Waals surface area (Å²) in [6.07, 6.45) is 2.29. The number of hydrogen-bond acceptors (Lipinski definition) is 0. The van der Waals surface area contributed by atoms with Gasteiger partial charge in [0.25, 0.3) is 0 Å². The Morgan fingerprint density at radius 2 is 1.52 bits per heavy atom. The maximum absolute atomic E-state index is 6.31. The lowest BCUT2D eigenvalue weighted by molar-refractivity contribution is 0.773. The molecule has 0 saturated carbocycles. The van der Waals surface area contributed by atoms with Gasteiger partial charge in [-0.2, -0.15) is 0 Å². The minimum absolute atomic E-state index is 0.672. The molecule has 2 rings (SSSR count). The van der Waals surface area contributed by atoms with Crippen LogP contribution in [0, 0.1) is 0 Å². The van der Waals surface area contributed by atoms with Crippen molar-refractivity contribution in [2.24, 2.45) is 0 Å². The van der Waals surface area contributed by atoms with E-state index in [0.29, 0.717) is 16.6 Å². The number of benzene rings is 1. The van der Waals surface area contributed by atoms with Gasteiger partial charge in [-0.05, 0) is 41.0 Å². The van der Waals surface area contributed by atoms with Crippen molar-refractivity contribution in [1.82, 2.24) is 4.23 Å². The molecular weight excluding hydrogens is 362 g/mol. The molecule has 0 aliphatic rings. The minimum Gasteiger partial charge on any atom is -0.373 e. The summed E-state index contributed by atoms with van der Waals surface area (Å²) in [4.78, 5) is 0.